The first-order chi connectivity index (χ1) is 6.42. The van der Waals surface area contributed by atoms with Crippen LogP contribution in [0.1, 0.15) is 20.8 Å². The number of aromatic nitrogens is 2. The molecule has 0 bridgehead atoms. The molecule has 0 aliphatic carbocycles. The molecule has 4 nitrogen and oxygen atoms in total. The molecule has 1 aromatic heterocycles. The lowest BCUT2D eigenvalue weighted by Crippen LogP contribution is -2.27. The van der Waals surface area contributed by atoms with Crippen LogP contribution in [0.25, 0.3) is 0 Å². The van der Waals surface area contributed by atoms with Crippen molar-refractivity contribution in [2.24, 2.45) is 0 Å². The van der Waals surface area contributed by atoms with E-state index in [-0.39, 0.29) is 5.54 Å². The molecule has 2 N–H and O–H groups in total. The summed E-state index contributed by atoms with van der Waals surface area (Å²) in [6.45, 7) is 6.25. The lowest BCUT2D eigenvalue weighted by Gasteiger charge is -2.22. The molecule has 0 unspecified atom stereocenters. The maximum Gasteiger partial charge on any atom is 0.224 e. The summed E-state index contributed by atoms with van der Waals surface area (Å²) in [6.07, 6.45) is 1.73. The molecule has 0 saturated carbocycles. The zero-order chi connectivity index (χ0) is 10.8. The Morgan fingerprint density at radius 1 is 1.36 bits per heavy atom. The van der Waals surface area contributed by atoms with Gasteiger partial charge in [-0.25, -0.2) is 4.98 Å². The molecule has 0 aliphatic heterocycles. The van der Waals surface area contributed by atoms with Crippen molar-refractivity contribution in [3.63, 3.8) is 0 Å². The van der Waals surface area contributed by atoms with Crippen molar-refractivity contribution in [2.75, 3.05) is 17.7 Å². The monoisotopic (exact) mass is 258 g/mol. The van der Waals surface area contributed by atoms with Gasteiger partial charge in [0.1, 0.15) is 5.82 Å². The highest BCUT2D eigenvalue weighted by Crippen LogP contribution is 2.22. The van der Waals surface area contributed by atoms with Crippen molar-refractivity contribution in [1.82, 2.24) is 9.97 Å². The Morgan fingerprint density at radius 2 is 2.00 bits per heavy atom. The van der Waals surface area contributed by atoms with Gasteiger partial charge in [-0.1, -0.05) is 0 Å². The number of rotatable bonds is 2. The highest BCUT2D eigenvalue weighted by Gasteiger charge is 2.13. The van der Waals surface area contributed by atoms with Crippen LogP contribution in [0.3, 0.4) is 0 Å². The predicted molar refractivity (Wildman–Crippen MR) is 62.7 cm³/mol. The smallest absolute Gasteiger partial charge is 0.224 e. The molecule has 0 amide bonds. The highest BCUT2D eigenvalue weighted by atomic mass is 79.9. The van der Waals surface area contributed by atoms with Gasteiger partial charge in [-0.15, -0.1) is 0 Å². The first kappa shape index (κ1) is 11.2. The van der Waals surface area contributed by atoms with Crippen molar-refractivity contribution < 1.29 is 0 Å². The van der Waals surface area contributed by atoms with Crippen molar-refractivity contribution in [3.05, 3.63) is 10.7 Å². The molecule has 5 heteroatoms. The fourth-order valence-corrected chi connectivity index (χ4v) is 1.22. The number of hydrogen-bond donors (Lipinski definition) is 2. The summed E-state index contributed by atoms with van der Waals surface area (Å²) in [5.41, 5.74) is -0.0120. The van der Waals surface area contributed by atoms with Crippen LogP contribution < -0.4 is 10.6 Å². The van der Waals surface area contributed by atoms with Crippen LogP contribution in [0.4, 0.5) is 11.8 Å². The van der Waals surface area contributed by atoms with Gasteiger partial charge in [0.05, 0.1) is 4.47 Å². The zero-order valence-electron chi connectivity index (χ0n) is 8.85. The van der Waals surface area contributed by atoms with Crippen LogP contribution in [0.15, 0.2) is 10.7 Å². The molecule has 14 heavy (non-hydrogen) atoms. The molecule has 0 aromatic carbocycles. The van der Waals surface area contributed by atoms with Crippen molar-refractivity contribution in [2.45, 2.75) is 26.3 Å². The van der Waals surface area contributed by atoms with Crippen LogP contribution in [-0.2, 0) is 0 Å². The Kier molecular flexibility index (Phi) is 3.31. The van der Waals surface area contributed by atoms with Crippen LogP contribution in [-0.4, -0.2) is 22.6 Å². The highest BCUT2D eigenvalue weighted by molar-refractivity contribution is 9.10. The first-order valence-corrected chi connectivity index (χ1v) is 5.20. The Morgan fingerprint density at radius 3 is 2.50 bits per heavy atom. The Hall–Kier alpha value is -0.840. The summed E-state index contributed by atoms with van der Waals surface area (Å²) in [6, 6.07) is 0. The van der Waals surface area contributed by atoms with E-state index in [1.165, 1.54) is 0 Å². The van der Waals surface area contributed by atoms with E-state index in [1.54, 1.807) is 13.2 Å². The number of nitrogens with one attached hydrogen (secondary N) is 2. The fourth-order valence-electron chi connectivity index (χ4n) is 0.930. The normalized spacial score (nSPS) is 11.2. The molecule has 0 fully saturated rings. The summed E-state index contributed by atoms with van der Waals surface area (Å²) in [7, 11) is 1.80. The van der Waals surface area contributed by atoms with Gasteiger partial charge < -0.3 is 10.6 Å². The Labute approximate surface area is 92.7 Å². The maximum absolute atomic E-state index is 4.30. The van der Waals surface area contributed by atoms with Gasteiger partial charge in [0.2, 0.25) is 5.95 Å². The van der Waals surface area contributed by atoms with Crippen LogP contribution in [0, 0.1) is 0 Å². The van der Waals surface area contributed by atoms with Gasteiger partial charge >= 0.3 is 0 Å². The van der Waals surface area contributed by atoms with Crippen molar-refractivity contribution in [3.8, 4) is 0 Å². The van der Waals surface area contributed by atoms with Gasteiger partial charge in [0.15, 0.2) is 0 Å². The SMILES string of the molecule is CNc1ncc(Br)c(NC(C)(C)C)n1. The van der Waals surface area contributed by atoms with Gasteiger partial charge in [-0.05, 0) is 36.7 Å². The molecule has 0 radical (unpaired) electrons. The third-order valence-electron chi connectivity index (χ3n) is 1.46. The molecular formula is C9H15BrN4. The Balaban J connectivity index is 2.95. The molecule has 78 valence electrons. The first-order valence-electron chi connectivity index (χ1n) is 4.41. The van der Waals surface area contributed by atoms with Crippen LogP contribution in [0.5, 0.6) is 0 Å². The number of nitrogens with zero attached hydrogens (tertiary/aromatic N) is 2. The summed E-state index contributed by atoms with van der Waals surface area (Å²) in [5, 5.41) is 6.18. The molecule has 0 atom stereocenters. The average molecular weight is 259 g/mol. The number of anilines is 2. The fraction of sp³-hybridized carbons (Fsp3) is 0.556. The third-order valence-corrected chi connectivity index (χ3v) is 2.04. The molecule has 0 saturated heterocycles. The molecular weight excluding hydrogens is 244 g/mol. The molecule has 1 aromatic rings. The van der Waals surface area contributed by atoms with E-state index in [1.807, 2.05) is 0 Å². The molecule has 0 spiro atoms. The largest absolute Gasteiger partial charge is 0.364 e. The van der Waals surface area contributed by atoms with E-state index in [0.29, 0.717) is 5.95 Å². The number of hydrogen-bond acceptors (Lipinski definition) is 4. The van der Waals surface area contributed by atoms with Gasteiger partial charge in [0.25, 0.3) is 0 Å². The predicted octanol–water partition coefficient (Wildman–Crippen LogP) is 2.49. The standard InChI is InChI=1S/C9H15BrN4/c1-9(2,3)14-7-6(10)5-12-8(11-4)13-7/h5H,1-4H3,(H2,11,12,13,14). The second kappa shape index (κ2) is 4.13. The maximum atomic E-state index is 4.30. The minimum atomic E-state index is -0.0120. The molecule has 0 aliphatic rings. The van der Waals surface area contributed by atoms with E-state index < -0.39 is 0 Å². The number of halogens is 1. The zero-order valence-corrected chi connectivity index (χ0v) is 10.4. The van der Waals surface area contributed by atoms with Gasteiger partial charge in [0, 0.05) is 18.8 Å². The lowest BCUT2D eigenvalue weighted by atomic mass is 10.1. The van der Waals surface area contributed by atoms with Crippen LogP contribution in [0.2, 0.25) is 0 Å². The second-order valence-corrected chi connectivity index (χ2v) is 4.87. The third kappa shape index (κ3) is 3.14. The van der Waals surface area contributed by atoms with E-state index >= 15 is 0 Å². The van der Waals surface area contributed by atoms with Crippen LogP contribution >= 0.6 is 15.9 Å². The summed E-state index contributed by atoms with van der Waals surface area (Å²) in [4.78, 5) is 8.37. The second-order valence-electron chi connectivity index (χ2n) is 4.02. The van der Waals surface area contributed by atoms with E-state index in [2.05, 4.69) is 57.3 Å². The van der Waals surface area contributed by atoms with Crippen molar-refractivity contribution in [1.29, 1.82) is 0 Å². The average Bonchev–Trinajstić information content (AvgIpc) is 2.06. The van der Waals surface area contributed by atoms with Crippen molar-refractivity contribution >= 4 is 27.7 Å². The van der Waals surface area contributed by atoms with Gasteiger partial charge in [-0.3, -0.25) is 0 Å². The van der Waals surface area contributed by atoms with E-state index in [4.69, 9.17) is 0 Å². The summed E-state index contributed by atoms with van der Waals surface area (Å²) >= 11 is 3.40. The summed E-state index contributed by atoms with van der Waals surface area (Å²) < 4.78 is 0.867. The summed E-state index contributed by atoms with van der Waals surface area (Å²) in [5.74, 6) is 1.41. The Bertz CT molecular complexity index is 319. The van der Waals surface area contributed by atoms with E-state index in [9.17, 15) is 0 Å². The lowest BCUT2D eigenvalue weighted by molar-refractivity contribution is 0.629. The quantitative estimate of drug-likeness (QED) is 0.856. The minimum absolute atomic E-state index is 0.0120. The minimum Gasteiger partial charge on any atom is -0.364 e. The topological polar surface area (TPSA) is 49.8 Å². The molecule has 1 heterocycles. The van der Waals surface area contributed by atoms with E-state index in [0.717, 1.165) is 10.3 Å². The molecule has 1 rings (SSSR count). The van der Waals surface area contributed by atoms with Gasteiger partial charge in [-0.2, -0.15) is 4.98 Å².